The third-order valence-corrected chi connectivity index (χ3v) is 14.6. The molecule has 2 aliphatic heterocycles. The number of carbonyl (C=O) groups excluding carboxylic acids is 1. The molecule has 2 saturated heterocycles. The minimum atomic E-state index is -1.79. The Hall–Kier alpha value is -1.53. The van der Waals surface area contributed by atoms with E-state index in [1.165, 1.54) is 180 Å². The van der Waals surface area contributed by atoms with Gasteiger partial charge in [0.1, 0.15) is 48.8 Å². The van der Waals surface area contributed by atoms with Crippen LogP contribution in [0.3, 0.4) is 0 Å². The second-order valence-electron chi connectivity index (χ2n) is 21.1. The Bertz CT molecular complexity index is 1300. The van der Waals surface area contributed by atoms with Gasteiger partial charge in [0.15, 0.2) is 12.6 Å². The molecule has 424 valence electrons. The van der Waals surface area contributed by atoms with E-state index < -0.39 is 86.8 Å². The van der Waals surface area contributed by atoms with Crippen LogP contribution in [0.25, 0.3) is 0 Å². The molecule has 2 heterocycles. The Morgan fingerprint density at radius 2 is 0.889 bits per heavy atom. The first-order valence-electron chi connectivity index (χ1n) is 29.6. The van der Waals surface area contributed by atoms with Crippen molar-refractivity contribution in [3.63, 3.8) is 0 Å². The molecule has 14 heteroatoms. The van der Waals surface area contributed by atoms with Crippen LogP contribution in [0.2, 0.25) is 0 Å². The van der Waals surface area contributed by atoms with Gasteiger partial charge in [-0.25, -0.2) is 0 Å². The Labute approximate surface area is 437 Å². The summed E-state index contributed by atoms with van der Waals surface area (Å²) >= 11 is 0. The molecule has 2 aliphatic rings. The number of unbranched alkanes of at least 4 members (excludes halogenated alkanes) is 32. The summed E-state index contributed by atoms with van der Waals surface area (Å²) in [6.07, 6.45) is 35.0. The molecule has 0 aromatic rings. The van der Waals surface area contributed by atoms with Crippen molar-refractivity contribution in [2.75, 3.05) is 19.8 Å². The van der Waals surface area contributed by atoms with E-state index in [0.29, 0.717) is 12.8 Å². The van der Waals surface area contributed by atoms with Gasteiger partial charge in [0.05, 0.1) is 32.0 Å². The molecule has 2 rings (SSSR count). The highest BCUT2D eigenvalue weighted by atomic mass is 16.7. The van der Waals surface area contributed by atoms with Gasteiger partial charge in [-0.1, -0.05) is 231 Å². The zero-order chi connectivity index (χ0) is 52.4. The topological polar surface area (TPSA) is 228 Å². The number of aliphatic hydroxyl groups is 8. The van der Waals surface area contributed by atoms with Crippen LogP contribution in [0.1, 0.15) is 245 Å². The third-order valence-electron chi connectivity index (χ3n) is 14.6. The lowest BCUT2D eigenvalue weighted by atomic mass is 9.97. The Kier molecular flexibility index (Phi) is 41.2. The van der Waals surface area contributed by atoms with Crippen LogP contribution in [-0.2, 0) is 23.7 Å². The number of rotatable bonds is 47. The highest BCUT2D eigenvalue weighted by Crippen LogP contribution is 2.30. The van der Waals surface area contributed by atoms with Crippen molar-refractivity contribution in [2.24, 2.45) is 0 Å². The summed E-state index contributed by atoms with van der Waals surface area (Å²) in [5.41, 5.74) is 0. The standard InChI is InChI=1S/C58H109NO13/c1-3-5-7-9-11-13-15-17-19-21-23-25-27-29-31-33-35-37-39-41-47(62)46(59-50(63)42-40-38-36-34-32-30-28-26-24-22-20-18-16-14-12-10-8-6-4-2)45-69-57-55(68)53(66)56(49(44-61)71-57)72-58-54(67)52(65)51(64)48(43-60)70-58/h31,33,39,41,46-49,51-58,60-62,64-68H,3-30,32,34-38,40,42-45H2,1-2H3,(H,59,63)/b33-31+,41-39+. The fraction of sp³-hybridized carbons (Fsp3) is 0.914. The molecule has 72 heavy (non-hydrogen) atoms. The van der Waals surface area contributed by atoms with Gasteiger partial charge < -0.3 is 65.1 Å². The quantitative estimate of drug-likeness (QED) is 0.0205. The number of nitrogens with one attached hydrogen (secondary N) is 1. The zero-order valence-electron chi connectivity index (χ0n) is 45.4. The molecule has 0 spiro atoms. The minimum absolute atomic E-state index is 0.245. The third kappa shape index (κ3) is 30.3. The predicted molar refractivity (Wildman–Crippen MR) is 286 cm³/mol. The molecular formula is C58H109NO13. The van der Waals surface area contributed by atoms with Crippen LogP contribution in [0.5, 0.6) is 0 Å². The molecule has 0 radical (unpaired) electrons. The van der Waals surface area contributed by atoms with Crippen molar-refractivity contribution in [3.8, 4) is 0 Å². The van der Waals surface area contributed by atoms with Gasteiger partial charge >= 0.3 is 0 Å². The molecule has 0 bridgehead atoms. The monoisotopic (exact) mass is 1030 g/mol. The highest BCUT2D eigenvalue weighted by Gasteiger charge is 2.51. The van der Waals surface area contributed by atoms with E-state index in [1.54, 1.807) is 6.08 Å². The summed E-state index contributed by atoms with van der Waals surface area (Å²) in [6.45, 7) is 2.80. The maximum atomic E-state index is 13.2. The molecule has 0 aromatic carbocycles. The molecule has 0 aromatic heterocycles. The molecule has 0 saturated carbocycles. The van der Waals surface area contributed by atoms with E-state index in [-0.39, 0.29) is 18.9 Å². The van der Waals surface area contributed by atoms with Gasteiger partial charge in [0.25, 0.3) is 0 Å². The van der Waals surface area contributed by atoms with Gasteiger partial charge in [0, 0.05) is 6.42 Å². The fourth-order valence-corrected chi connectivity index (χ4v) is 9.84. The first-order chi connectivity index (χ1) is 35.1. The van der Waals surface area contributed by atoms with Crippen LogP contribution >= 0.6 is 0 Å². The van der Waals surface area contributed by atoms with Gasteiger partial charge in [-0.05, 0) is 32.1 Å². The number of amides is 1. The number of ether oxygens (including phenoxy) is 4. The lowest BCUT2D eigenvalue weighted by Crippen LogP contribution is -2.65. The maximum Gasteiger partial charge on any atom is 0.220 e. The van der Waals surface area contributed by atoms with Crippen molar-refractivity contribution in [1.82, 2.24) is 5.32 Å². The number of aliphatic hydroxyl groups excluding tert-OH is 8. The second kappa shape index (κ2) is 44.6. The van der Waals surface area contributed by atoms with Crippen molar-refractivity contribution in [2.45, 2.75) is 319 Å². The van der Waals surface area contributed by atoms with Crippen molar-refractivity contribution in [1.29, 1.82) is 0 Å². The summed E-state index contributed by atoms with van der Waals surface area (Å²) < 4.78 is 22.8. The summed E-state index contributed by atoms with van der Waals surface area (Å²) in [5, 5.41) is 87.0. The SMILES string of the molecule is CCCCCCCCCCCCCCC/C=C/CC/C=C/C(O)C(COC1OC(CO)C(OC2OC(CO)C(O)C(O)C2O)C(O)C1O)NC(=O)CCCCCCCCCCCCCCCCCCCCC. The van der Waals surface area contributed by atoms with Crippen molar-refractivity contribution in [3.05, 3.63) is 24.3 Å². The number of carbonyl (C=O) groups is 1. The van der Waals surface area contributed by atoms with Crippen LogP contribution in [0.4, 0.5) is 0 Å². The van der Waals surface area contributed by atoms with Crippen LogP contribution in [0, 0.1) is 0 Å². The molecule has 12 unspecified atom stereocenters. The largest absolute Gasteiger partial charge is 0.394 e. The molecular weight excluding hydrogens is 919 g/mol. The number of hydrogen-bond donors (Lipinski definition) is 9. The summed E-state index contributed by atoms with van der Waals surface area (Å²) in [5.74, 6) is -0.245. The molecule has 2 fully saturated rings. The van der Waals surface area contributed by atoms with E-state index in [1.807, 2.05) is 6.08 Å². The van der Waals surface area contributed by atoms with E-state index in [4.69, 9.17) is 18.9 Å². The average Bonchev–Trinajstić information content (AvgIpc) is 3.38. The Balaban J connectivity index is 1.79. The van der Waals surface area contributed by atoms with Crippen molar-refractivity contribution >= 4 is 5.91 Å². The Morgan fingerprint density at radius 1 is 0.486 bits per heavy atom. The molecule has 0 aliphatic carbocycles. The van der Waals surface area contributed by atoms with E-state index in [2.05, 4.69) is 31.3 Å². The molecule has 12 atom stereocenters. The zero-order valence-corrected chi connectivity index (χ0v) is 45.4. The molecule has 14 nitrogen and oxygen atoms in total. The minimum Gasteiger partial charge on any atom is -0.394 e. The van der Waals surface area contributed by atoms with Gasteiger partial charge in [0.2, 0.25) is 5.91 Å². The maximum absolute atomic E-state index is 13.2. The smallest absolute Gasteiger partial charge is 0.220 e. The van der Waals surface area contributed by atoms with Crippen LogP contribution in [0.15, 0.2) is 24.3 Å². The summed E-state index contributed by atoms with van der Waals surface area (Å²) in [6, 6.07) is -0.927. The summed E-state index contributed by atoms with van der Waals surface area (Å²) in [4.78, 5) is 13.2. The average molecular weight is 1030 g/mol. The number of hydrogen-bond acceptors (Lipinski definition) is 13. The first kappa shape index (κ1) is 66.6. The lowest BCUT2D eigenvalue weighted by Gasteiger charge is -2.46. The van der Waals surface area contributed by atoms with E-state index in [9.17, 15) is 45.6 Å². The fourth-order valence-electron chi connectivity index (χ4n) is 9.84. The van der Waals surface area contributed by atoms with Crippen LogP contribution < -0.4 is 5.32 Å². The van der Waals surface area contributed by atoms with Crippen molar-refractivity contribution < 1.29 is 64.6 Å². The van der Waals surface area contributed by atoms with Gasteiger partial charge in [-0.15, -0.1) is 0 Å². The molecule has 9 N–H and O–H groups in total. The number of allylic oxidation sites excluding steroid dienone is 3. The van der Waals surface area contributed by atoms with Crippen LogP contribution in [-0.4, -0.2) is 140 Å². The summed E-state index contributed by atoms with van der Waals surface area (Å²) in [7, 11) is 0. The lowest BCUT2D eigenvalue weighted by molar-refractivity contribution is -0.359. The molecule has 1 amide bonds. The van der Waals surface area contributed by atoms with Gasteiger partial charge in [-0.3, -0.25) is 4.79 Å². The predicted octanol–water partition coefficient (Wildman–Crippen LogP) is 9.67. The first-order valence-corrected chi connectivity index (χ1v) is 29.6. The Morgan fingerprint density at radius 3 is 1.36 bits per heavy atom. The second-order valence-corrected chi connectivity index (χ2v) is 21.1. The highest BCUT2D eigenvalue weighted by molar-refractivity contribution is 5.76. The normalized spacial score (nSPS) is 25.7. The van der Waals surface area contributed by atoms with E-state index in [0.717, 1.165) is 32.1 Å². The van der Waals surface area contributed by atoms with Gasteiger partial charge in [-0.2, -0.15) is 0 Å². The van der Waals surface area contributed by atoms with E-state index >= 15 is 0 Å².